The van der Waals surface area contributed by atoms with E-state index in [4.69, 9.17) is 4.74 Å². The number of likely N-dealkylation sites (tertiary alicyclic amines) is 1. The van der Waals surface area contributed by atoms with Crippen molar-refractivity contribution in [3.05, 3.63) is 0 Å². The van der Waals surface area contributed by atoms with Gasteiger partial charge < -0.3 is 14.7 Å². The van der Waals surface area contributed by atoms with Crippen LogP contribution in [0.3, 0.4) is 0 Å². The van der Waals surface area contributed by atoms with Crippen LogP contribution in [-0.4, -0.2) is 48.3 Å². The summed E-state index contributed by atoms with van der Waals surface area (Å²) in [6.07, 6.45) is 2.89. The lowest BCUT2D eigenvalue weighted by Crippen LogP contribution is -2.37. The molecule has 0 spiro atoms. The average molecular weight is 215 g/mol. The molecule has 1 aliphatic heterocycles. The summed E-state index contributed by atoms with van der Waals surface area (Å²) in [4.78, 5) is 13.7. The van der Waals surface area contributed by atoms with Crippen LogP contribution in [0.4, 0.5) is 0 Å². The van der Waals surface area contributed by atoms with Crippen LogP contribution >= 0.6 is 0 Å². The van der Waals surface area contributed by atoms with Gasteiger partial charge in [0.2, 0.25) is 5.91 Å². The van der Waals surface area contributed by atoms with E-state index < -0.39 is 0 Å². The highest BCUT2D eigenvalue weighted by Gasteiger charge is 2.28. The SMILES string of the molecule is COCCC(=O)N1CCCC1CC(C)O. The standard InChI is InChI=1S/C11H21NO3/c1-9(13)8-10-4-3-6-12(10)11(14)5-7-15-2/h9-10,13H,3-8H2,1-2H3. The molecule has 1 fully saturated rings. The second-order valence-corrected chi connectivity index (χ2v) is 4.21. The number of nitrogens with zero attached hydrogens (tertiary/aromatic N) is 1. The van der Waals surface area contributed by atoms with Gasteiger partial charge in [-0.3, -0.25) is 4.79 Å². The third kappa shape index (κ3) is 3.80. The Kier molecular flexibility index (Phi) is 5.05. The second-order valence-electron chi connectivity index (χ2n) is 4.21. The molecule has 1 amide bonds. The van der Waals surface area contributed by atoms with Crippen molar-refractivity contribution in [1.29, 1.82) is 0 Å². The Hall–Kier alpha value is -0.610. The van der Waals surface area contributed by atoms with Crippen LogP contribution in [0.15, 0.2) is 0 Å². The Balaban J connectivity index is 2.41. The first-order valence-electron chi connectivity index (χ1n) is 5.61. The Morgan fingerprint density at radius 3 is 3.00 bits per heavy atom. The lowest BCUT2D eigenvalue weighted by molar-refractivity contribution is -0.133. The fourth-order valence-corrected chi connectivity index (χ4v) is 2.14. The van der Waals surface area contributed by atoms with Crippen LogP contribution in [0.5, 0.6) is 0 Å². The zero-order valence-electron chi connectivity index (χ0n) is 9.61. The van der Waals surface area contributed by atoms with Crippen molar-refractivity contribution in [3.8, 4) is 0 Å². The molecule has 0 aromatic carbocycles. The summed E-state index contributed by atoms with van der Waals surface area (Å²) in [5.74, 6) is 0.153. The van der Waals surface area contributed by atoms with E-state index in [1.54, 1.807) is 14.0 Å². The molecule has 0 saturated carbocycles. The summed E-state index contributed by atoms with van der Waals surface area (Å²) in [6.45, 7) is 3.09. The van der Waals surface area contributed by atoms with Gasteiger partial charge in [0.25, 0.3) is 0 Å². The summed E-state index contributed by atoms with van der Waals surface area (Å²) in [7, 11) is 1.60. The van der Waals surface area contributed by atoms with Gasteiger partial charge in [-0.15, -0.1) is 0 Å². The summed E-state index contributed by atoms with van der Waals surface area (Å²) in [5.41, 5.74) is 0. The van der Waals surface area contributed by atoms with E-state index in [9.17, 15) is 9.90 Å². The first-order chi connectivity index (χ1) is 7.15. The smallest absolute Gasteiger partial charge is 0.225 e. The normalized spacial score (nSPS) is 23.1. The lowest BCUT2D eigenvalue weighted by atomic mass is 10.1. The number of carbonyl (C=O) groups excluding carboxylic acids is 1. The molecule has 2 unspecified atom stereocenters. The Bertz CT molecular complexity index is 206. The zero-order chi connectivity index (χ0) is 11.3. The molecule has 4 nitrogen and oxygen atoms in total. The van der Waals surface area contributed by atoms with Gasteiger partial charge in [-0.1, -0.05) is 0 Å². The summed E-state index contributed by atoms with van der Waals surface area (Å²) < 4.78 is 4.89. The molecule has 15 heavy (non-hydrogen) atoms. The number of ether oxygens (including phenoxy) is 1. The van der Waals surface area contributed by atoms with E-state index in [1.165, 1.54) is 0 Å². The highest BCUT2D eigenvalue weighted by molar-refractivity contribution is 5.76. The van der Waals surface area contributed by atoms with Crippen molar-refractivity contribution >= 4 is 5.91 Å². The molecule has 1 aliphatic rings. The molecule has 0 aromatic heterocycles. The van der Waals surface area contributed by atoms with Gasteiger partial charge in [0.05, 0.1) is 19.1 Å². The molecule has 88 valence electrons. The van der Waals surface area contributed by atoms with Crippen molar-refractivity contribution in [1.82, 2.24) is 4.90 Å². The van der Waals surface area contributed by atoms with Crippen LogP contribution in [0.2, 0.25) is 0 Å². The summed E-state index contributed by atoms with van der Waals surface area (Å²) in [5, 5.41) is 9.33. The monoisotopic (exact) mass is 215 g/mol. The quantitative estimate of drug-likeness (QED) is 0.737. The maximum absolute atomic E-state index is 11.8. The topological polar surface area (TPSA) is 49.8 Å². The molecule has 1 rings (SSSR count). The van der Waals surface area contributed by atoms with E-state index >= 15 is 0 Å². The van der Waals surface area contributed by atoms with Gasteiger partial charge in [0, 0.05) is 19.7 Å². The third-order valence-corrected chi connectivity index (χ3v) is 2.83. The summed E-state index contributed by atoms with van der Waals surface area (Å²) in [6, 6.07) is 0.231. The first-order valence-corrected chi connectivity index (χ1v) is 5.61. The number of rotatable bonds is 5. The molecule has 0 aliphatic carbocycles. The Morgan fingerprint density at radius 2 is 2.40 bits per heavy atom. The minimum Gasteiger partial charge on any atom is -0.393 e. The highest BCUT2D eigenvalue weighted by atomic mass is 16.5. The van der Waals surface area contributed by atoms with Gasteiger partial charge in [0.1, 0.15) is 0 Å². The number of carbonyl (C=O) groups is 1. The predicted octanol–water partition coefficient (Wildman–Crippen LogP) is 0.785. The van der Waals surface area contributed by atoms with Gasteiger partial charge in [-0.25, -0.2) is 0 Å². The molecule has 2 atom stereocenters. The van der Waals surface area contributed by atoms with Gasteiger partial charge in [-0.2, -0.15) is 0 Å². The van der Waals surface area contributed by atoms with E-state index in [2.05, 4.69) is 0 Å². The van der Waals surface area contributed by atoms with E-state index in [0.29, 0.717) is 19.4 Å². The Labute approximate surface area is 91.2 Å². The van der Waals surface area contributed by atoms with Gasteiger partial charge >= 0.3 is 0 Å². The van der Waals surface area contributed by atoms with Crippen LogP contribution in [-0.2, 0) is 9.53 Å². The number of aliphatic hydroxyl groups excluding tert-OH is 1. The van der Waals surface area contributed by atoms with Crippen LogP contribution in [0.1, 0.15) is 32.6 Å². The van der Waals surface area contributed by atoms with Crippen LogP contribution in [0.25, 0.3) is 0 Å². The molecule has 1 saturated heterocycles. The molecule has 1 N–H and O–H groups in total. The van der Waals surface area contributed by atoms with Crippen LogP contribution < -0.4 is 0 Å². The van der Waals surface area contributed by atoms with E-state index in [1.807, 2.05) is 4.90 Å². The van der Waals surface area contributed by atoms with E-state index in [0.717, 1.165) is 19.4 Å². The van der Waals surface area contributed by atoms with Gasteiger partial charge in [0.15, 0.2) is 0 Å². The summed E-state index contributed by atoms with van der Waals surface area (Å²) >= 11 is 0. The molecule has 0 bridgehead atoms. The minimum absolute atomic E-state index is 0.153. The number of amides is 1. The number of hydrogen-bond donors (Lipinski definition) is 1. The van der Waals surface area contributed by atoms with Crippen molar-refractivity contribution < 1.29 is 14.6 Å². The van der Waals surface area contributed by atoms with Crippen molar-refractivity contribution in [2.45, 2.75) is 44.8 Å². The van der Waals surface area contributed by atoms with Crippen molar-refractivity contribution in [3.63, 3.8) is 0 Å². The minimum atomic E-state index is -0.328. The maximum Gasteiger partial charge on any atom is 0.225 e. The third-order valence-electron chi connectivity index (χ3n) is 2.83. The Morgan fingerprint density at radius 1 is 1.67 bits per heavy atom. The predicted molar refractivity (Wildman–Crippen MR) is 57.5 cm³/mol. The first kappa shape index (κ1) is 12.5. The molecule has 0 aromatic rings. The number of aliphatic hydroxyl groups is 1. The molecular weight excluding hydrogens is 194 g/mol. The average Bonchev–Trinajstić information content (AvgIpc) is 2.61. The van der Waals surface area contributed by atoms with E-state index in [-0.39, 0.29) is 18.1 Å². The molecule has 0 radical (unpaired) electrons. The van der Waals surface area contributed by atoms with Gasteiger partial charge in [-0.05, 0) is 26.2 Å². The largest absolute Gasteiger partial charge is 0.393 e. The fourth-order valence-electron chi connectivity index (χ4n) is 2.14. The highest BCUT2D eigenvalue weighted by Crippen LogP contribution is 2.22. The maximum atomic E-state index is 11.8. The van der Waals surface area contributed by atoms with Crippen molar-refractivity contribution in [2.24, 2.45) is 0 Å². The zero-order valence-corrected chi connectivity index (χ0v) is 9.61. The van der Waals surface area contributed by atoms with Crippen LogP contribution in [0, 0.1) is 0 Å². The fraction of sp³-hybridized carbons (Fsp3) is 0.909. The second kappa shape index (κ2) is 6.08. The molecule has 4 heteroatoms. The number of hydrogen-bond acceptors (Lipinski definition) is 3. The molecular formula is C11H21NO3. The molecule has 1 heterocycles. The van der Waals surface area contributed by atoms with Crippen molar-refractivity contribution in [2.75, 3.05) is 20.3 Å². The number of methoxy groups -OCH3 is 1. The lowest BCUT2D eigenvalue weighted by Gasteiger charge is -2.25.